The normalized spacial score (nSPS) is 18.1. The zero-order chi connectivity index (χ0) is 18.2. The number of nitrogens with one attached hydrogen (secondary N) is 2. The highest BCUT2D eigenvalue weighted by Gasteiger charge is 2.17. The Kier molecular flexibility index (Phi) is 9.27. The van der Waals surface area contributed by atoms with E-state index in [1.807, 2.05) is 19.3 Å². The molecule has 1 unspecified atom stereocenters. The van der Waals surface area contributed by atoms with E-state index in [0.717, 1.165) is 37.2 Å². The molecule has 0 aliphatic carbocycles. The van der Waals surface area contributed by atoms with Gasteiger partial charge in [-0.25, -0.2) is 0 Å². The number of piperidine rings is 1. The van der Waals surface area contributed by atoms with Crippen molar-refractivity contribution in [2.45, 2.75) is 45.2 Å². The molecule has 0 bridgehead atoms. The summed E-state index contributed by atoms with van der Waals surface area (Å²) in [6.45, 7) is 6.37. The van der Waals surface area contributed by atoms with E-state index in [1.54, 1.807) is 0 Å². The first-order valence-corrected chi connectivity index (χ1v) is 9.79. The van der Waals surface area contributed by atoms with Gasteiger partial charge in [-0.1, -0.05) is 30.7 Å². The van der Waals surface area contributed by atoms with Gasteiger partial charge in [0.2, 0.25) is 0 Å². The Morgan fingerprint density at radius 2 is 2.07 bits per heavy atom. The first-order chi connectivity index (χ1) is 12.8. The van der Waals surface area contributed by atoms with Crippen molar-refractivity contribution < 1.29 is 0 Å². The van der Waals surface area contributed by atoms with Crippen LogP contribution in [0.2, 0.25) is 0 Å². The van der Waals surface area contributed by atoms with Crippen LogP contribution in [0.15, 0.2) is 41.5 Å². The van der Waals surface area contributed by atoms with Gasteiger partial charge in [0.15, 0.2) is 5.96 Å². The molecule has 6 heteroatoms. The second-order valence-corrected chi connectivity index (χ2v) is 7.07. The van der Waals surface area contributed by atoms with Gasteiger partial charge in [0, 0.05) is 37.8 Å². The topological polar surface area (TPSA) is 52.6 Å². The average Bonchev–Trinajstić information content (AvgIpc) is 2.68. The van der Waals surface area contributed by atoms with Crippen molar-refractivity contribution in [3.05, 3.63) is 42.2 Å². The highest BCUT2D eigenvalue weighted by Crippen LogP contribution is 2.16. The lowest BCUT2D eigenvalue weighted by molar-refractivity contribution is 0.159. The Morgan fingerprint density at radius 1 is 1.22 bits per heavy atom. The number of guanidine groups is 1. The Balaban J connectivity index is 0.00000261. The van der Waals surface area contributed by atoms with Crippen LogP contribution >= 0.6 is 24.0 Å². The lowest BCUT2D eigenvalue weighted by atomic mass is 10.0. The van der Waals surface area contributed by atoms with Crippen molar-refractivity contribution in [3.8, 4) is 0 Å². The molecule has 148 valence electrons. The summed E-state index contributed by atoms with van der Waals surface area (Å²) in [6.07, 6.45) is 7.08. The summed E-state index contributed by atoms with van der Waals surface area (Å²) in [6, 6.07) is 11.1. The largest absolute Gasteiger partial charge is 0.356 e. The number of aliphatic imine (C=N–C) groups is 1. The van der Waals surface area contributed by atoms with Gasteiger partial charge < -0.3 is 15.5 Å². The van der Waals surface area contributed by atoms with Gasteiger partial charge >= 0.3 is 0 Å². The zero-order valence-electron chi connectivity index (χ0n) is 16.4. The minimum Gasteiger partial charge on any atom is -0.356 e. The fraction of sp³-hybridized carbons (Fsp3) is 0.524. The van der Waals surface area contributed by atoms with Crippen molar-refractivity contribution in [1.29, 1.82) is 0 Å². The molecule has 2 N–H and O–H groups in total. The summed E-state index contributed by atoms with van der Waals surface area (Å²) in [5.74, 6) is 0.839. The van der Waals surface area contributed by atoms with Gasteiger partial charge in [-0.3, -0.25) is 9.98 Å². The number of pyridine rings is 1. The van der Waals surface area contributed by atoms with Gasteiger partial charge in [-0.2, -0.15) is 0 Å². The van der Waals surface area contributed by atoms with Gasteiger partial charge in [0.1, 0.15) is 0 Å². The van der Waals surface area contributed by atoms with Gasteiger partial charge in [-0.15, -0.1) is 24.0 Å². The molecule has 1 aromatic carbocycles. The van der Waals surface area contributed by atoms with Crippen molar-refractivity contribution in [1.82, 2.24) is 20.5 Å². The molecule has 2 heterocycles. The summed E-state index contributed by atoms with van der Waals surface area (Å²) in [5, 5.41) is 9.23. The smallest absolute Gasteiger partial charge is 0.191 e. The van der Waals surface area contributed by atoms with E-state index in [0.29, 0.717) is 6.54 Å². The first-order valence-electron chi connectivity index (χ1n) is 9.79. The summed E-state index contributed by atoms with van der Waals surface area (Å²) in [7, 11) is 1.82. The van der Waals surface area contributed by atoms with E-state index in [4.69, 9.17) is 0 Å². The highest BCUT2D eigenvalue weighted by molar-refractivity contribution is 14.0. The summed E-state index contributed by atoms with van der Waals surface area (Å²) >= 11 is 0. The van der Waals surface area contributed by atoms with Crippen LogP contribution in [0.5, 0.6) is 0 Å². The molecule has 1 fully saturated rings. The van der Waals surface area contributed by atoms with Gasteiger partial charge in [-0.05, 0) is 44.2 Å². The number of nitrogens with zero attached hydrogens (tertiary/aromatic N) is 3. The minimum absolute atomic E-state index is 0. The van der Waals surface area contributed by atoms with E-state index in [2.05, 4.69) is 56.7 Å². The Labute approximate surface area is 180 Å². The van der Waals surface area contributed by atoms with Crippen LogP contribution in [0.4, 0.5) is 0 Å². The number of benzene rings is 1. The lowest BCUT2D eigenvalue weighted by Crippen LogP contribution is -2.41. The van der Waals surface area contributed by atoms with Crippen molar-refractivity contribution in [2.75, 3.05) is 26.7 Å². The molecule has 0 amide bonds. The fourth-order valence-corrected chi connectivity index (χ4v) is 3.69. The van der Waals surface area contributed by atoms with Crippen LogP contribution in [0.3, 0.4) is 0 Å². The summed E-state index contributed by atoms with van der Waals surface area (Å²) in [4.78, 5) is 11.5. The van der Waals surface area contributed by atoms with Crippen LogP contribution in [0.1, 0.15) is 38.3 Å². The number of likely N-dealkylation sites (tertiary alicyclic amines) is 1. The van der Waals surface area contributed by atoms with Crippen LogP contribution in [0, 0.1) is 0 Å². The predicted molar refractivity (Wildman–Crippen MR) is 125 cm³/mol. The number of fused-ring (bicyclic) bond motifs is 1. The fourth-order valence-electron chi connectivity index (χ4n) is 3.69. The number of aromatic nitrogens is 1. The van der Waals surface area contributed by atoms with Crippen molar-refractivity contribution in [3.63, 3.8) is 0 Å². The van der Waals surface area contributed by atoms with E-state index >= 15 is 0 Å². The molecular formula is C21H32IN5. The van der Waals surface area contributed by atoms with E-state index in [1.165, 1.54) is 36.6 Å². The molecule has 1 aliphatic rings. The van der Waals surface area contributed by atoms with E-state index in [-0.39, 0.29) is 24.0 Å². The third-order valence-electron chi connectivity index (χ3n) is 5.26. The second-order valence-electron chi connectivity index (χ2n) is 7.07. The standard InChI is InChI=1S/C21H31N5.HI/c1-17-8-5-6-14-26(17)15-7-12-24-21(22-2)25-16-20-19-10-4-3-9-18(19)11-13-23-20;/h3-4,9-11,13,17H,5-8,12,14-16H2,1-2H3,(H2,22,24,25);1H. The molecule has 0 saturated carbocycles. The average molecular weight is 481 g/mol. The maximum Gasteiger partial charge on any atom is 0.191 e. The second kappa shape index (κ2) is 11.4. The minimum atomic E-state index is 0. The Morgan fingerprint density at radius 3 is 2.89 bits per heavy atom. The van der Waals surface area contributed by atoms with Crippen molar-refractivity contribution in [2.24, 2.45) is 4.99 Å². The molecule has 1 atom stereocenters. The molecule has 1 aliphatic heterocycles. The van der Waals surface area contributed by atoms with E-state index in [9.17, 15) is 0 Å². The molecule has 2 aromatic rings. The lowest BCUT2D eigenvalue weighted by Gasteiger charge is -2.33. The van der Waals surface area contributed by atoms with Crippen LogP contribution < -0.4 is 10.6 Å². The SMILES string of the molecule is CN=C(NCCCN1CCCCC1C)NCc1nccc2ccccc12.I. The Hall–Kier alpha value is -1.41. The quantitative estimate of drug-likeness (QED) is 0.286. The van der Waals surface area contributed by atoms with Gasteiger partial charge in [0.25, 0.3) is 0 Å². The summed E-state index contributed by atoms with van der Waals surface area (Å²) < 4.78 is 0. The molecule has 0 spiro atoms. The maximum absolute atomic E-state index is 4.53. The number of rotatable bonds is 6. The molecule has 27 heavy (non-hydrogen) atoms. The van der Waals surface area contributed by atoms with Gasteiger partial charge in [0.05, 0.1) is 12.2 Å². The molecule has 0 radical (unpaired) electrons. The maximum atomic E-state index is 4.53. The molecule has 1 saturated heterocycles. The molecule has 3 rings (SSSR count). The van der Waals surface area contributed by atoms with E-state index < -0.39 is 0 Å². The number of hydrogen-bond donors (Lipinski definition) is 2. The third-order valence-corrected chi connectivity index (χ3v) is 5.26. The van der Waals surface area contributed by atoms with Crippen molar-refractivity contribution >= 4 is 40.7 Å². The predicted octanol–water partition coefficient (Wildman–Crippen LogP) is 3.78. The Bertz CT molecular complexity index is 728. The molecular weight excluding hydrogens is 449 g/mol. The first kappa shape index (κ1) is 21.9. The molecule has 1 aromatic heterocycles. The monoisotopic (exact) mass is 481 g/mol. The third kappa shape index (κ3) is 6.31. The summed E-state index contributed by atoms with van der Waals surface area (Å²) in [5.41, 5.74) is 1.05. The van der Waals surface area contributed by atoms with Crippen LogP contribution in [-0.4, -0.2) is 48.6 Å². The van der Waals surface area contributed by atoms with Crippen LogP contribution in [-0.2, 0) is 6.54 Å². The molecule has 5 nitrogen and oxygen atoms in total. The number of hydrogen-bond acceptors (Lipinski definition) is 3. The highest BCUT2D eigenvalue weighted by atomic mass is 127. The number of halogens is 1. The van der Waals surface area contributed by atoms with Crippen LogP contribution in [0.25, 0.3) is 10.8 Å². The zero-order valence-corrected chi connectivity index (χ0v) is 18.8.